The summed E-state index contributed by atoms with van der Waals surface area (Å²) in [6, 6.07) is 68.2. The summed E-state index contributed by atoms with van der Waals surface area (Å²) in [5, 5.41) is 8.73. The molecule has 0 aliphatic rings. The lowest BCUT2D eigenvalue weighted by Crippen LogP contribution is -2.38. The van der Waals surface area contributed by atoms with Gasteiger partial charge in [0.05, 0.1) is 0 Å². The third-order valence-corrected chi connectivity index (χ3v) is 18.0. The molecule has 264 valence electrons. The molecule has 0 aliphatic heterocycles. The maximum Gasteiger partial charge on any atom is 0.144 e. The lowest BCUT2D eigenvalue weighted by molar-refractivity contribution is 0.628. The van der Waals surface area contributed by atoms with Crippen molar-refractivity contribution in [3.63, 3.8) is 0 Å². The van der Waals surface area contributed by atoms with Crippen LogP contribution in [0.5, 0.6) is 0 Å². The van der Waals surface area contributed by atoms with Crippen LogP contribution < -0.4 is 42.4 Å². The lowest BCUT2D eigenvalue weighted by Gasteiger charge is -2.27. The number of hydrogen-bond donors (Lipinski definition) is 0. The van der Waals surface area contributed by atoms with Crippen LogP contribution in [0.3, 0.4) is 0 Å². The molecule has 0 heterocycles. The Morgan fingerprint density at radius 3 is 0.500 bits per heavy atom. The monoisotopic (exact) mass is 750 g/mol. The second-order valence-electron chi connectivity index (χ2n) is 12.6. The van der Waals surface area contributed by atoms with Gasteiger partial charge >= 0.3 is 0 Å². The molecule has 0 saturated heterocycles. The van der Waals surface area contributed by atoms with Crippen molar-refractivity contribution >= 4 is 57.0 Å². The minimum absolute atomic E-state index is 0.385. The van der Waals surface area contributed by atoms with E-state index in [0.717, 1.165) is 21.2 Å². The van der Waals surface area contributed by atoms with Crippen LogP contribution in [0.2, 0.25) is 0 Å². The van der Waals surface area contributed by atoms with E-state index >= 15 is 0 Å². The molecule has 0 amide bonds. The van der Waals surface area contributed by atoms with Gasteiger partial charge in [0, 0.05) is 0 Å². The van der Waals surface area contributed by atoms with E-state index in [4.69, 9.17) is 0 Å². The van der Waals surface area contributed by atoms with Crippen LogP contribution >= 0.6 is 14.5 Å². The SMILES string of the molecule is Fc1ccc([P+](c2ccc(F)cc2)(c2ccc(F)cc2)c2ccc(F)cc2)cc1.c1ccc([P+](c2ccccc2)(c2ccccc2)c2ccccc2)cc1. The van der Waals surface area contributed by atoms with Gasteiger partial charge in [-0.3, -0.25) is 0 Å². The highest BCUT2D eigenvalue weighted by Gasteiger charge is 2.49. The van der Waals surface area contributed by atoms with Gasteiger partial charge in [0.1, 0.15) is 80.2 Å². The van der Waals surface area contributed by atoms with Gasteiger partial charge in [-0.25, -0.2) is 17.6 Å². The van der Waals surface area contributed by atoms with Gasteiger partial charge in [-0.15, -0.1) is 0 Å². The summed E-state index contributed by atoms with van der Waals surface area (Å²) in [5.41, 5.74) is 0. The number of rotatable bonds is 8. The highest BCUT2D eigenvalue weighted by atomic mass is 31.2. The second-order valence-corrected chi connectivity index (χ2v) is 19.4. The summed E-state index contributed by atoms with van der Waals surface area (Å²) < 4.78 is 54.8. The Labute approximate surface area is 315 Å². The smallest absolute Gasteiger partial charge is 0.144 e. The lowest BCUT2D eigenvalue weighted by atomic mass is 10.3. The molecule has 0 bridgehead atoms. The van der Waals surface area contributed by atoms with Crippen LogP contribution in [0.4, 0.5) is 17.6 Å². The minimum Gasteiger partial charge on any atom is -0.207 e. The fourth-order valence-electron chi connectivity index (χ4n) is 7.05. The van der Waals surface area contributed by atoms with Crippen molar-refractivity contribution in [3.8, 4) is 0 Å². The van der Waals surface area contributed by atoms with Crippen molar-refractivity contribution in [3.05, 3.63) is 242 Å². The van der Waals surface area contributed by atoms with Gasteiger partial charge in [0.25, 0.3) is 0 Å². The molecular formula is C48H36F4P2+2. The van der Waals surface area contributed by atoms with E-state index in [1.165, 1.54) is 69.7 Å². The van der Waals surface area contributed by atoms with E-state index in [9.17, 15) is 17.6 Å². The van der Waals surface area contributed by atoms with E-state index in [1.807, 2.05) is 0 Å². The molecule has 0 atom stereocenters. The normalized spacial score (nSPS) is 11.3. The summed E-state index contributed by atoms with van der Waals surface area (Å²) in [5.74, 6) is -1.54. The fraction of sp³-hybridized carbons (Fsp3) is 0. The highest BCUT2D eigenvalue weighted by Crippen LogP contribution is 2.55. The largest absolute Gasteiger partial charge is 0.207 e. The standard InChI is InChI=1S/C24H16F4P.C24H20P/c25-17-1-9-21(10-2-17)29(22-11-3-18(26)4-12-22,23-13-5-19(27)6-14-23)24-15-7-20(28)8-16-24;1-5-13-21(14-6-1)25(22-15-7-2-8-16-22,23-17-9-3-10-18-23)24-19-11-4-12-20-24/h1-16H;1-20H/q2*+1. The maximum atomic E-state index is 13.7. The molecule has 0 aromatic heterocycles. The van der Waals surface area contributed by atoms with Crippen LogP contribution in [-0.2, 0) is 0 Å². The molecule has 8 rings (SSSR count). The minimum atomic E-state index is -2.65. The van der Waals surface area contributed by atoms with E-state index in [-0.39, 0.29) is 23.3 Å². The van der Waals surface area contributed by atoms with Gasteiger partial charge in [0.15, 0.2) is 0 Å². The molecular weight excluding hydrogens is 714 g/mol. The first-order valence-corrected chi connectivity index (χ1v) is 21.1. The molecule has 0 fully saturated rings. The predicted octanol–water partition coefficient (Wildman–Crippen LogP) is 9.17. The Bertz CT molecular complexity index is 2020. The molecule has 8 aromatic carbocycles. The van der Waals surface area contributed by atoms with Crippen LogP contribution in [-0.4, -0.2) is 0 Å². The molecule has 6 heteroatoms. The van der Waals surface area contributed by atoms with E-state index in [2.05, 4.69) is 121 Å². The molecule has 0 spiro atoms. The third-order valence-electron chi connectivity index (χ3n) is 9.43. The van der Waals surface area contributed by atoms with E-state index in [0.29, 0.717) is 0 Å². The van der Waals surface area contributed by atoms with Gasteiger partial charge in [-0.05, 0) is 146 Å². The Kier molecular flexibility index (Phi) is 11.3. The molecule has 54 heavy (non-hydrogen) atoms. The van der Waals surface area contributed by atoms with E-state index in [1.54, 1.807) is 48.5 Å². The molecule has 0 radical (unpaired) electrons. The summed E-state index contributed by atoms with van der Waals surface area (Å²) in [6.07, 6.45) is 0. The quantitative estimate of drug-likeness (QED) is 0.107. The van der Waals surface area contributed by atoms with Gasteiger partial charge in [0.2, 0.25) is 0 Å². The fourth-order valence-corrected chi connectivity index (χ4v) is 15.5. The zero-order valence-corrected chi connectivity index (χ0v) is 31.0. The summed E-state index contributed by atoms with van der Waals surface area (Å²) in [4.78, 5) is 0. The zero-order chi connectivity index (χ0) is 37.4. The summed E-state index contributed by atoms with van der Waals surface area (Å²) in [7, 11) is -4.56. The highest BCUT2D eigenvalue weighted by molar-refractivity contribution is 8.02. The van der Waals surface area contributed by atoms with Crippen LogP contribution in [0, 0.1) is 23.3 Å². The van der Waals surface area contributed by atoms with Crippen LogP contribution in [0.25, 0.3) is 0 Å². The van der Waals surface area contributed by atoms with Crippen LogP contribution in [0.1, 0.15) is 0 Å². The zero-order valence-electron chi connectivity index (χ0n) is 29.2. The Morgan fingerprint density at radius 2 is 0.333 bits per heavy atom. The van der Waals surface area contributed by atoms with Crippen LogP contribution in [0.15, 0.2) is 218 Å². The topological polar surface area (TPSA) is 0 Å². The molecule has 0 saturated carbocycles. The van der Waals surface area contributed by atoms with Gasteiger partial charge in [-0.2, -0.15) is 0 Å². The van der Waals surface area contributed by atoms with Gasteiger partial charge < -0.3 is 0 Å². The Balaban J connectivity index is 0.000000168. The molecule has 0 unspecified atom stereocenters. The first-order valence-electron chi connectivity index (χ1n) is 17.5. The van der Waals surface area contributed by atoms with Crippen molar-refractivity contribution < 1.29 is 17.6 Å². The Morgan fingerprint density at radius 1 is 0.185 bits per heavy atom. The molecule has 8 aromatic rings. The summed E-state index contributed by atoms with van der Waals surface area (Å²) in [6.45, 7) is 0. The first-order chi connectivity index (χ1) is 26.4. The van der Waals surface area contributed by atoms with Crippen molar-refractivity contribution in [2.75, 3.05) is 0 Å². The van der Waals surface area contributed by atoms with Crippen molar-refractivity contribution in [2.24, 2.45) is 0 Å². The number of hydrogen-bond acceptors (Lipinski definition) is 0. The Hall–Kier alpha value is -5.66. The molecule has 0 nitrogen and oxygen atoms in total. The first kappa shape index (κ1) is 36.7. The second kappa shape index (κ2) is 16.6. The number of halogens is 4. The molecule has 0 aliphatic carbocycles. The summed E-state index contributed by atoms with van der Waals surface area (Å²) >= 11 is 0. The average Bonchev–Trinajstić information content (AvgIpc) is 3.23. The maximum absolute atomic E-state index is 13.7. The van der Waals surface area contributed by atoms with Crippen molar-refractivity contribution in [1.82, 2.24) is 0 Å². The van der Waals surface area contributed by atoms with E-state index < -0.39 is 14.5 Å². The molecule has 0 N–H and O–H groups in total. The number of benzene rings is 8. The average molecular weight is 751 g/mol. The third kappa shape index (κ3) is 7.29. The van der Waals surface area contributed by atoms with Crippen molar-refractivity contribution in [2.45, 2.75) is 0 Å². The van der Waals surface area contributed by atoms with Gasteiger partial charge in [-0.1, -0.05) is 72.8 Å². The predicted molar refractivity (Wildman–Crippen MR) is 222 cm³/mol. The van der Waals surface area contributed by atoms with Crippen molar-refractivity contribution in [1.29, 1.82) is 0 Å².